The molecule has 1 heteroatoms. The monoisotopic (exact) mass is 213 g/mol. The molecule has 1 atom stereocenters. The van der Waals surface area contributed by atoms with Crippen molar-refractivity contribution in [2.45, 2.75) is 32.7 Å². The Hall–Kier alpha value is -1.50. The Kier molecular flexibility index (Phi) is 3.45. The van der Waals surface area contributed by atoms with Crippen LogP contribution in [0.2, 0.25) is 0 Å². The molecule has 1 N–H and O–H groups in total. The molecular weight excluding hydrogens is 194 g/mol. The van der Waals surface area contributed by atoms with E-state index < -0.39 is 0 Å². The van der Waals surface area contributed by atoms with Crippen molar-refractivity contribution in [3.8, 4) is 0 Å². The van der Waals surface area contributed by atoms with Crippen LogP contribution >= 0.6 is 0 Å². The van der Waals surface area contributed by atoms with Gasteiger partial charge in [0.15, 0.2) is 0 Å². The van der Waals surface area contributed by atoms with Gasteiger partial charge in [-0.05, 0) is 36.2 Å². The lowest BCUT2D eigenvalue weighted by atomic mass is 10.1. The molecule has 1 nitrogen and oxygen atoms in total. The quantitative estimate of drug-likeness (QED) is 0.791. The van der Waals surface area contributed by atoms with E-state index in [-0.39, 0.29) is 0 Å². The van der Waals surface area contributed by atoms with Crippen LogP contribution in [-0.4, -0.2) is 6.04 Å². The first-order valence-electron chi connectivity index (χ1n) is 6.05. The summed E-state index contributed by atoms with van der Waals surface area (Å²) >= 11 is 0. The molecule has 0 aliphatic heterocycles. The average molecular weight is 213 g/mol. The molecule has 84 valence electrons. The van der Waals surface area contributed by atoms with Crippen molar-refractivity contribution in [3.63, 3.8) is 0 Å². The van der Waals surface area contributed by atoms with E-state index in [0.717, 1.165) is 0 Å². The Bertz CT molecular complexity index is 462. The lowest BCUT2D eigenvalue weighted by Gasteiger charge is -2.14. The summed E-state index contributed by atoms with van der Waals surface area (Å²) in [7, 11) is 0. The molecule has 0 saturated heterocycles. The summed E-state index contributed by atoms with van der Waals surface area (Å²) in [5.74, 6) is 0. The van der Waals surface area contributed by atoms with Crippen LogP contribution in [0.1, 0.15) is 26.7 Å². The highest BCUT2D eigenvalue weighted by Gasteiger charge is 2.00. The molecule has 0 amide bonds. The molecule has 2 rings (SSSR count). The van der Waals surface area contributed by atoms with Crippen LogP contribution in [0.25, 0.3) is 10.8 Å². The van der Waals surface area contributed by atoms with Crippen LogP contribution in [0.3, 0.4) is 0 Å². The third-order valence-corrected chi connectivity index (χ3v) is 2.88. The fraction of sp³-hybridized carbons (Fsp3) is 0.333. The summed E-state index contributed by atoms with van der Waals surface area (Å²) in [4.78, 5) is 0. The van der Waals surface area contributed by atoms with Gasteiger partial charge in [-0.25, -0.2) is 0 Å². The van der Waals surface area contributed by atoms with Crippen molar-refractivity contribution >= 4 is 16.5 Å². The van der Waals surface area contributed by atoms with Gasteiger partial charge < -0.3 is 5.32 Å². The van der Waals surface area contributed by atoms with Crippen LogP contribution in [0.4, 0.5) is 5.69 Å². The predicted molar refractivity (Wildman–Crippen MR) is 71.9 cm³/mol. The minimum Gasteiger partial charge on any atom is -0.383 e. The third kappa shape index (κ3) is 2.54. The van der Waals surface area contributed by atoms with Crippen molar-refractivity contribution in [3.05, 3.63) is 42.5 Å². The number of anilines is 1. The van der Waals surface area contributed by atoms with Gasteiger partial charge in [-0.2, -0.15) is 0 Å². The summed E-state index contributed by atoms with van der Waals surface area (Å²) in [5.41, 5.74) is 1.22. The Labute approximate surface area is 97.5 Å². The molecule has 0 aliphatic carbocycles. The largest absolute Gasteiger partial charge is 0.383 e. The third-order valence-electron chi connectivity index (χ3n) is 2.88. The SMILES string of the molecule is CCCC(C)Nc1ccc2ccccc2c1. The average Bonchev–Trinajstić information content (AvgIpc) is 2.29. The zero-order valence-electron chi connectivity index (χ0n) is 10.0. The second-order valence-electron chi connectivity index (χ2n) is 4.40. The van der Waals surface area contributed by atoms with Gasteiger partial charge in [-0.3, -0.25) is 0 Å². The highest BCUT2D eigenvalue weighted by Crippen LogP contribution is 2.19. The summed E-state index contributed by atoms with van der Waals surface area (Å²) in [6.07, 6.45) is 2.44. The second kappa shape index (κ2) is 5.02. The standard InChI is InChI=1S/C15H19N/c1-3-6-12(2)16-15-10-9-13-7-4-5-8-14(13)11-15/h4-5,7-12,16H,3,6H2,1-2H3. The van der Waals surface area contributed by atoms with Gasteiger partial charge in [-0.15, -0.1) is 0 Å². The molecular formula is C15H19N. The number of benzene rings is 2. The van der Waals surface area contributed by atoms with Crippen molar-refractivity contribution < 1.29 is 0 Å². The molecule has 2 aromatic carbocycles. The van der Waals surface area contributed by atoms with E-state index in [1.54, 1.807) is 0 Å². The Morgan fingerprint density at radius 3 is 2.56 bits per heavy atom. The minimum absolute atomic E-state index is 0.547. The summed E-state index contributed by atoms with van der Waals surface area (Å²) in [5, 5.41) is 6.14. The van der Waals surface area contributed by atoms with Crippen molar-refractivity contribution in [1.82, 2.24) is 0 Å². The molecule has 0 bridgehead atoms. The van der Waals surface area contributed by atoms with E-state index in [1.807, 2.05) is 0 Å². The van der Waals surface area contributed by atoms with E-state index in [0.29, 0.717) is 6.04 Å². The second-order valence-corrected chi connectivity index (χ2v) is 4.40. The van der Waals surface area contributed by atoms with Gasteiger partial charge in [-0.1, -0.05) is 43.7 Å². The fourth-order valence-corrected chi connectivity index (χ4v) is 2.07. The summed E-state index contributed by atoms with van der Waals surface area (Å²) in [6, 6.07) is 15.6. The van der Waals surface area contributed by atoms with Crippen LogP contribution < -0.4 is 5.32 Å². The number of hydrogen-bond acceptors (Lipinski definition) is 1. The van der Waals surface area contributed by atoms with Gasteiger partial charge >= 0.3 is 0 Å². The minimum atomic E-state index is 0.547. The van der Waals surface area contributed by atoms with E-state index in [2.05, 4.69) is 61.6 Å². The fourth-order valence-electron chi connectivity index (χ4n) is 2.07. The maximum absolute atomic E-state index is 3.53. The van der Waals surface area contributed by atoms with Gasteiger partial charge in [0, 0.05) is 11.7 Å². The van der Waals surface area contributed by atoms with Crippen LogP contribution in [0, 0.1) is 0 Å². The van der Waals surface area contributed by atoms with Gasteiger partial charge in [0.05, 0.1) is 0 Å². The maximum Gasteiger partial charge on any atom is 0.0348 e. The van der Waals surface area contributed by atoms with Crippen LogP contribution in [-0.2, 0) is 0 Å². The molecule has 1 unspecified atom stereocenters. The van der Waals surface area contributed by atoms with Crippen molar-refractivity contribution in [1.29, 1.82) is 0 Å². The van der Waals surface area contributed by atoms with Crippen molar-refractivity contribution in [2.75, 3.05) is 5.32 Å². The van der Waals surface area contributed by atoms with Gasteiger partial charge in [0.1, 0.15) is 0 Å². The zero-order valence-corrected chi connectivity index (χ0v) is 10.0. The van der Waals surface area contributed by atoms with Crippen LogP contribution in [0.15, 0.2) is 42.5 Å². The first-order valence-corrected chi connectivity index (χ1v) is 6.05. The summed E-state index contributed by atoms with van der Waals surface area (Å²) in [6.45, 7) is 4.46. The number of hydrogen-bond donors (Lipinski definition) is 1. The lowest BCUT2D eigenvalue weighted by molar-refractivity contribution is 0.690. The van der Waals surface area contributed by atoms with E-state index >= 15 is 0 Å². The highest BCUT2D eigenvalue weighted by molar-refractivity contribution is 5.85. The van der Waals surface area contributed by atoms with Gasteiger partial charge in [0.25, 0.3) is 0 Å². The zero-order chi connectivity index (χ0) is 11.4. The molecule has 0 spiro atoms. The molecule has 0 saturated carbocycles. The number of fused-ring (bicyclic) bond motifs is 1. The Morgan fingerprint density at radius 2 is 1.81 bits per heavy atom. The molecule has 0 fully saturated rings. The highest BCUT2D eigenvalue weighted by atomic mass is 14.9. The van der Waals surface area contributed by atoms with E-state index in [4.69, 9.17) is 0 Å². The van der Waals surface area contributed by atoms with Crippen LogP contribution in [0.5, 0.6) is 0 Å². The molecule has 0 heterocycles. The lowest BCUT2D eigenvalue weighted by Crippen LogP contribution is -2.14. The number of nitrogens with one attached hydrogen (secondary N) is 1. The first-order chi connectivity index (χ1) is 7.79. The molecule has 2 aromatic rings. The molecule has 0 aromatic heterocycles. The summed E-state index contributed by atoms with van der Waals surface area (Å²) < 4.78 is 0. The molecule has 0 aliphatic rings. The Balaban J connectivity index is 2.19. The topological polar surface area (TPSA) is 12.0 Å². The van der Waals surface area contributed by atoms with E-state index in [9.17, 15) is 0 Å². The predicted octanol–water partition coefficient (Wildman–Crippen LogP) is 4.44. The Morgan fingerprint density at radius 1 is 1.06 bits per heavy atom. The van der Waals surface area contributed by atoms with Gasteiger partial charge in [0.2, 0.25) is 0 Å². The molecule has 16 heavy (non-hydrogen) atoms. The number of rotatable bonds is 4. The smallest absolute Gasteiger partial charge is 0.0348 e. The van der Waals surface area contributed by atoms with E-state index in [1.165, 1.54) is 29.3 Å². The first kappa shape index (κ1) is 11.0. The van der Waals surface area contributed by atoms with Crippen molar-refractivity contribution in [2.24, 2.45) is 0 Å². The normalized spacial score (nSPS) is 12.6. The maximum atomic E-state index is 3.53. The molecule has 0 radical (unpaired) electrons.